The number of aliphatic hydroxyl groups excluding tert-OH is 2. The van der Waals surface area contributed by atoms with Crippen molar-refractivity contribution in [3.8, 4) is 0 Å². The molecular formula is C13H18N4O2. The van der Waals surface area contributed by atoms with E-state index in [1.54, 1.807) is 6.07 Å². The third-order valence-electron chi connectivity index (χ3n) is 3.10. The van der Waals surface area contributed by atoms with E-state index < -0.39 is 0 Å². The van der Waals surface area contributed by atoms with Crippen LogP contribution in [0, 0.1) is 5.92 Å². The normalized spacial score (nSPS) is 18.9. The highest BCUT2D eigenvalue weighted by Crippen LogP contribution is 2.17. The van der Waals surface area contributed by atoms with Crippen LogP contribution < -0.4 is 11.5 Å². The highest BCUT2D eigenvalue weighted by Gasteiger charge is 2.18. The van der Waals surface area contributed by atoms with Gasteiger partial charge in [0.2, 0.25) is 5.96 Å². The second kappa shape index (κ2) is 5.81. The number of benzene rings is 1. The third kappa shape index (κ3) is 3.30. The lowest BCUT2D eigenvalue weighted by molar-refractivity contribution is 0.275. The Labute approximate surface area is 111 Å². The molecule has 102 valence electrons. The van der Waals surface area contributed by atoms with Crippen LogP contribution in [0.25, 0.3) is 0 Å². The Bertz CT molecular complexity index is 503. The summed E-state index contributed by atoms with van der Waals surface area (Å²) in [5.41, 5.74) is 13.9. The van der Waals surface area contributed by atoms with Gasteiger partial charge in [-0.1, -0.05) is 18.2 Å². The van der Waals surface area contributed by atoms with E-state index in [-0.39, 0.29) is 25.1 Å². The minimum Gasteiger partial charge on any atom is -0.392 e. The monoisotopic (exact) mass is 262 g/mol. The molecule has 6 heteroatoms. The summed E-state index contributed by atoms with van der Waals surface area (Å²) in [7, 11) is 0. The topological polar surface area (TPSA) is 117 Å². The molecule has 6 nitrogen and oxygen atoms in total. The van der Waals surface area contributed by atoms with Crippen LogP contribution in [0.4, 0.5) is 0 Å². The molecular weight excluding hydrogens is 244 g/mol. The number of aliphatic imine (C=N–C) groups is 2. The number of amidine groups is 1. The van der Waals surface area contributed by atoms with Crippen LogP contribution >= 0.6 is 0 Å². The fraction of sp³-hybridized carbons (Fsp3) is 0.385. The summed E-state index contributed by atoms with van der Waals surface area (Å²) in [6.07, 6.45) is 0.660. The number of hydrogen-bond acceptors (Lipinski definition) is 6. The number of hydrogen-bond donors (Lipinski definition) is 4. The molecule has 1 aliphatic heterocycles. The Morgan fingerprint density at radius 2 is 1.63 bits per heavy atom. The van der Waals surface area contributed by atoms with Crippen LogP contribution in [0.2, 0.25) is 0 Å². The Kier molecular flexibility index (Phi) is 4.13. The molecule has 1 aliphatic rings. The van der Waals surface area contributed by atoms with Crippen molar-refractivity contribution in [2.45, 2.75) is 19.6 Å². The standard InChI is InChI=1S/C13H18N4O2/c14-12-11(5-16-13(15)17-12)4-8-1-9(6-18)3-10(2-8)7-19/h1-3,11,18-19H,4-7H2,(H4,14,15,16,17). The summed E-state index contributed by atoms with van der Waals surface area (Å²) >= 11 is 0. The lowest BCUT2D eigenvalue weighted by Crippen LogP contribution is -2.34. The second-order valence-electron chi connectivity index (χ2n) is 4.61. The number of nitrogens with two attached hydrogens (primary N) is 2. The van der Waals surface area contributed by atoms with Crippen molar-refractivity contribution in [2.75, 3.05) is 6.54 Å². The quantitative estimate of drug-likeness (QED) is 0.586. The van der Waals surface area contributed by atoms with Gasteiger partial charge in [0, 0.05) is 5.92 Å². The lowest BCUT2D eigenvalue weighted by Gasteiger charge is -2.18. The predicted octanol–water partition coefficient (Wildman–Crippen LogP) is -0.485. The van der Waals surface area contributed by atoms with E-state index in [1.807, 2.05) is 12.1 Å². The Balaban J connectivity index is 2.17. The minimum absolute atomic E-state index is 0.00721. The second-order valence-corrected chi connectivity index (χ2v) is 4.61. The maximum absolute atomic E-state index is 9.21. The summed E-state index contributed by atoms with van der Waals surface area (Å²) < 4.78 is 0. The van der Waals surface area contributed by atoms with Gasteiger partial charge in [0.25, 0.3) is 0 Å². The summed E-state index contributed by atoms with van der Waals surface area (Å²) in [5, 5.41) is 18.4. The first kappa shape index (κ1) is 13.5. The molecule has 0 radical (unpaired) electrons. The van der Waals surface area contributed by atoms with Crippen molar-refractivity contribution in [2.24, 2.45) is 27.4 Å². The van der Waals surface area contributed by atoms with E-state index in [0.717, 1.165) is 16.7 Å². The first-order valence-corrected chi connectivity index (χ1v) is 6.09. The molecule has 1 aromatic rings. The van der Waals surface area contributed by atoms with Crippen LogP contribution in [0.5, 0.6) is 0 Å². The van der Waals surface area contributed by atoms with Crippen molar-refractivity contribution >= 4 is 11.8 Å². The SMILES string of the molecule is NC1=NCC(Cc2cc(CO)cc(CO)c2)C(N)=N1. The zero-order valence-electron chi connectivity index (χ0n) is 10.6. The Hall–Kier alpha value is -1.92. The van der Waals surface area contributed by atoms with Gasteiger partial charge in [0.05, 0.1) is 19.8 Å². The number of aliphatic hydroxyl groups is 2. The highest BCUT2D eigenvalue weighted by molar-refractivity contribution is 5.97. The molecule has 0 amide bonds. The van der Waals surface area contributed by atoms with Crippen LogP contribution in [-0.4, -0.2) is 28.6 Å². The molecule has 0 bridgehead atoms. The zero-order chi connectivity index (χ0) is 13.8. The van der Waals surface area contributed by atoms with Crippen LogP contribution in [0.3, 0.4) is 0 Å². The van der Waals surface area contributed by atoms with Crippen molar-refractivity contribution < 1.29 is 10.2 Å². The highest BCUT2D eigenvalue weighted by atomic mass is 16.3. The first-order valence-electron chi connectivity index (χ1n) is 6.09. The van der Waals surface area contributed by atoms with E-state index >= 15 is 0 Å². The molecule has 0 aliphatic carbocycles. The number of rotatable bonds is 4. The molecule has 1 aromatic carbocycles. The van der Waals surface area contributed by atoms with Gasteiger partial charge in [0.15, 0.2) is 0 Å². The summed E-state index contributed by atoms with van der Waals surface area (Å²) in [6, 6.07) is 5.57. The molecule has 0 saturated carbocycles. The molecule has 1 atom stereocenters. The molecule has 0 spiro atoms. The van der Waals surface area contributed by atoms with Crippen LogP contribution in [0.1, 0.15) is 16.7 Å². The number of guanidine groups is 1. The molecule has 1 unspecified atom stereocenters. The molecule has 6 N–H and O–H groups in total. The van der Waals surface area contributed by atoms with Gasteiger partial charge in [0.1, 0.15) is 5.84 Å². The van der Waals surface area contributed by atoms with Gasteiger partial charge in [-0.05, 0) is 23.1 Å². The van der Waals surface area contributed by atoms with Crippen molar-refractivity contribution in [1.82, 2.24) is 0 Å². The maximum atomic E-state index is 9.21. The first-order chi connectivity index (χ1) is 9.12. The van der Waals surface area contributed by atoms with E-state index in [9.17, 15) is 10.2 Å². The van der Waals surface area contributed by atoms with Crippen LogP contribution in [-0.2, 0) is 19.6 Å². The molecule has 2 rings (SSSR count). The molecule has 0 fully saturated rings. The maximum Gasteiger partial charge on any atom is 0.217 e. The summed E-state index contributed by atoms with van der Waals surface area (Å²) in [6.45, 7) is 0.402. The molecule has 0 saturated heterocycles. The molecule has 1 heterocycles. The third-order valence-corrected chi connectivity index (χ3v) is 3.10. The Morgan fingerprint density at radius 1 is 1.05 bits per heavy atom. The van der Waals surface area contributed by atoms with E-state index in [0.29, 0.717) is 18.8 Å². The fourth-order valence-corrected chi connectivity index (χ4v) is 2.15. The fourth-order valence-electron chi connectivity index (χ4n) is 2.15. The Morgan fingerprint density at radius 3 is 2.16 bits per heavy atom. The van der Waals surface area contributed by atoms with Crippen molar-refractivity contribution in [3.05, 3.63) is 34.9 Å². The van der Waals surface area contributed by atoms with Gasteiger partial charge in [-0.25, -0.2) is 4.99 Å². The summed E-state index contributed by atoms with van der Waals surface area (Å²) in [4.78, 5) is 8.04. The average molecular weight is 262 g/mol. The lowest BCUT2D eigenvalue weighted by atomic mass is 9.95. The van der Waals surface area contributed by atoms with Crippen LogP contribution in [0.15, 0.2) is 28.2 Å². The largest absolute Gasteiger partial charge is 0.392 e. The zero-order valence-corrected chi connectivity index (χ0v) is 10.6. The average Bonchev–Trinajstić information content (AvgIpc) is 2.41. The van der Waals surface area contributed by atoms with Gasteiger partial charge < -0.3 is 21.7 Å². The van der Waals surface area contributed by atoms with Gasteiger partial charge in [-0.3, -0.25) is 4.99 Å². The van der Waals surface area contributed by atoms with Gasteiger partial charge >= 0.3 is 0 Å². The molecule has 0 aromatic heterocycles. The minimum atomic E-state index is -0.0554. The summed E-state index contributed by atoms with van der Waals surface area (Å²) in [5.74, 6) is 0.703. The van der Waals surface area contributed by atoms with E-state index in [2.05, 4.69) is 9.98 Å². The smallest absolute Gasteiger partial charge is 0.217 e. The van der Waals surface area contributed by atoms with Gasteiger partial charge in [-0.2, -0.15) is 0 Å². The predicted molar refractivity (Wildman–Crippen MR) is 73.6 cm³/mol. The molecule has 19 heavy (non-hydrogen) atoms. The van der Waals surface area contributed by atoms with Crippen molar-refractivity contribution in [1.29, 1.82) is 0 Å². The van der Waals surface area contributed by atoms with E-state index in [4.69, 9.17) is 11.5 Å². The van der Waals surface area contributed by atoms with E-state index in [1.165, 1.54) is 0 Å². The van der Waals surface area contributed by atoms with Crippen molar-refractivity contribution in [3.63, 3.8) is 0 Å². The number of nitrogens with zero attached hydrogens (tertiary/aromatic N) is 2. The van der Waals surface area contributed by atoms with Gasteiger partial charge in [-0.15, -0.1) is 0 Å².